The van der Waals surface area contributed by atoms with Crippen molar-refractivity contribution in [2.45, 2.75) is 25.9 Å². The first-order valence-corrected chi connectivity index (χ1v) is 10.9. The van der Waals surface area contributed by atoms with Gasteiger partial charge >= 0.3 is 0 Å². The maximum absolute atomic E-state index is 14.1. The van der Waals surface area contributed by atoms with Gasteiger partial charge in [0.25, 0.3) is 0 Å². The van der Waals surface area contributed by atoms with Crippen molar-refractivity contribution < 1.29 is 13.5 Å². The van der Waals surface area contributed by atoms with Gasteiger partial charge in [-0.25, -0.2) is 18.7 Å². The summed E-state index contributed by atoms with van der Waals surface area (Å²) < 4.78 is 32.8. The monoisotopic (exact) mass is 440 g/mol. The van der Waals surface area contributed by atoms with Crippen LogP contribution in [0.4, 0.5) is 20.4 Å². The molecule has 3 aromatic rings. The summed E-state index contributed by atoms with van der Waals surface area (Å²) in [6.07, 6.45) is 2.69. The topological polar surface area (TPSA) is 66.4 Å². The second kappa shape index (κ2) is 8.91. The lowest BCUT2D eigenvalue weighted by Crippen LogP contribution is -2.46. The summed E-state index contributed by atoms with van der Waals surface area (Å²) in [5, 5.41) is 3.51. The molecule has 2 fully saturated rings. The van der Waals surface area contributed by atoms with Crippen LogP contribution in [0.25, 0.3) is 11.0 Å². The number of anilines is 2. The molecule has 9 heteroatoms. The number of piperazine rings is 1. The molecule has 7 nitrogen and oxygen atoms in total. The quantitative estimate of drug-likeness (QED) is 0.654. The number of hydrogen-bond donors (Lipinski definition) is 1. The van der Waals surface area contributed by atoms with E-state index in [-0.39, 0.29) is 6.04 Å². The summed E-state index contributed by atoms with van der Waals surface area (Å²) in [6.45, 7) is 6.77. The van der Waals surface area contributed by atoms with Crippen LogP contribution >= 0.6 is 0 Å². The summed E-state index contributed by atoms with van der Waals surface area (Å²) in [5.74, 6) is 0.519. The molecule has 32 heavy (non-hydrogen) atoms. The van der Waals surface area contributed by atoms with E-state index in [2.05, 4.69) is 20.1 Å². The number of halogens is 2. The molecule has 0 spiro atoms. The lowest BCUT2D eigenvalue weighted by molar-refractivity contribution is 0.195. The van der Waals surface area contributed by atoms with Crippen LogP contribution in [0, 0.1) is 18.6 Å². The maximum Gasteiger partial charge on any atom is 0.172 e. The number of pyridine rings is 1. The number of nitrogens with one attached hydrogen (secondary N) is 1. The first kappa shape index (κ1) is 21.0. The van der Waals surface area contributed by atoms with Crippen LogP contribution in [0.15, 0.2) is 30.5 Å². The SMILES string of the molecule is Cc1cc2nc(N3CCN(Cc4ccc(F)cc4F)CC3)c(N[C@H]3CCOC3)nc2cn1. The molecular weight excluding hydrogens is 414 g/mol. The van der Waals surface area contributed by atoms with Gasteiger partial charge in [0.2, 0.25) is 0 Å². The van der Waals surface area contributed by atoms with Gasteiger partial charge < -0.3 is 15.0 Å². The Morgan fingerprint density at radius 2 is 1.94 bits per heavy atom. The summed E-state index contributed by atoms with van der Waals surface area (Å²) in [5.41, 5.74) is 2.98. The summed E-state index contributed by atoms with van der Waals surface area (Å²) >= 11 is 0. The van der Waals surface area contributed by atoms with E-state index in [1.165, 1.54) is 12.1 Å². The molecule has 2 aliphatic rings. The molecule has 2 aliphatic heterocycles. The highest BCUT2D eigenvalue weighted by atomic mass is 19.1. The van der Waals surface area contributed by atoms with Crippen LogP contribution in [0.1, 0.15) is 17.7 Å². The average Bonchev–Trinajstić information content (AvgIpc) is 3.29. The van der Waals surface area contributed by atoms with E-state index in [1.54, 1.807) is 6.20 Å². The second-order valence-electron chi connectivity index (χ2n) is 8.41. The fourth-order valence-corrected chi connectivity index (χ4v) is 4.22. The fraction of sp³-hybridized carbons (Fsp3) is 0.435. The van der Waals surface area contributed by atoms with Gasteiger partial charge in [-0.1, -0.05) is 6.07 Å². The van der Waals surface area contributed by atoms with Gasteiger partial charge in [-0.05, 0) is 25.5 Å². The van der Waals surface area contributed by atoms with E-state index < -0.39 is 11.6 Å². The largest absolute Gasteiger partial charge is 0.379 e. The number of nitrogens with zero attached hydrogens (tertiary/aromatic N) is 5. The Labute approximate surface area is 185 Å². The zero-order valence-electron chi connectivity index (χ0n) is 18.0. The molecule has 5 rings (SSSR count). The molecule has 0 bridgehead atoms. The minimum absolute atomic E-state index is 0.210. The van der Waals surface area contributed by atoms with Gasteiger partial charge in [0, 0.05) is 56.7 Å². The van der Waals surface area contributed by atoms with Gasteiger partial charge in [0.05, 0.1) is 24.4 Å². The molecule has 0 radical (unpaired) electrons. The van der Waals surface area contributed by atoms with Crippen molar-refractivity contribution >= 4 is 22.7 Å². The number of benzene rings is 1. The van der Waals surface area contributed by atoms with Gasteiger partial charge in [0.15, 0.2) is 11.6 Å². The molecule has 1 aromatic carbocycles. The molecule has 168 valence electrons. The van der Waals surface area contributed by atoms with E-state index in [0.717, 1.165) is 73.6 Å². The number of fused-ring (bicyclic) bond motifs is 1. The summed E-state index contributed by atoms with van der Waals surface area (Å²) in [6, 6.07) is 5.93. The van der Waals surface area contributed by atoms with Gasteiger partial charge in [-0.2, -0.15) is 0 Å². The Hall–Kier alpha value is -2.91. The molecule has 2 saturated heterocycles. The van der Waals surface area contributed by atoms with Gasteiger partial charge in [-0.15, -0.1) is 0 Å². The van der Waals surface area contributed by atoms with Crippen LogP contribution in [0.2, 0.25) is 0 Å². The Bertz CT molecular complexity index is 1110. The maximum atomic E-state index is 14.1. The van der Waals surface area contributed by atoms with Crippen molar-refractivity contribution in [1.82, 2.24) is 19.9 Å². The van der Waals surface area contributed by atoms with Crippen LogP contribution in [0.5, 0.6) is 0 Å². The highest BCUT2D eigenvalue weighted by molar-refractivity contribution is 5.80. The van der Waals surface area contributed by atoms with Crippen molar-refractivity contribution in [3.8, 4) is 0 Å². The van der Waals surface area contributed by atoms with Crippen molar-refractivity contribution in [1.29, 1.82) is 0 Å². The normalized spacial score (nSPS) is 19.6. The van der Waals surface area contributed by atoms with Crippen LogP contribution in [-0.2, 0) is 11.3 Å². The summed E-state index contributed by atoms with van der Waals surface area (Å²) in [7, 11) is 0. The van der Waals surface area contributed by atoms with Gasteiger partial charge in [-0.3, -0.25) is 9.88 Å². The standard InChI is InChI=1S/C23H26F2N6O/c1-15-10-20-21(12-26-15)28-22(27-18-4-9-32-14-18)23(29-20)31-7-5-30(6-8-31)13-16-2-3-17(24)11-19(16)25/h2-3,10-12,18H,4-9,13-14H2,1H3,(H,27,28)/t18-/m0/s1. The van der Waals surface area contributed by atoms with Crippen LogP contribution in [-0.4, -0.2) is 65.3 Å². The minimum atomic E-state index is -0.552. The third kappa shape index (κ3) is 4.49. The number of aromatic nitrogens is 3. The van der Waals surface area contributed by atoms with Crippen molar-refractivity contribution in [3.63, 3.8) is 0 Å². The smallest absolute Gasteiger partial charge is 0.172 e. The highest BCUT2D eigenvalue weighted by Crippen LogP contribution is 2.28. The Morgan fingerprint density at radius 1 is 1.09 bits per heavy atom. The predicted octanol–water partition coefficient (Wildman–Crippen LogP) is 3.13. The molecule has 2 aromatic heterocycles. The lowest BCUT2D eigenvalue weighted by atomic mass is 10.1. The van der Waals surface area contributed by atoms with E-state index in [0.29, 0.717) is 18.7 Å². The molecule has 0 saturated carbocycles. The summed E-state index contributed by atoms with van der Waals surface area (Å²) in [4.78, 5) is 18.5. The van der Waals surface area contributed by atoms with Gasteiger partial charge in [0.1, 0.15) is 17.2 Å². The number of hydrogen-bond acceptors (Lipinski definition) is 7. The number of ether oxygens (including phenoxy) is 1. The first-order chi connectivity index (χ1) is 15.5. The third-order valence-corrected chi connectivity index (χ3v) is 6.02. The highest BCUT2D eigenvalue weighted by Gasteiger charge is 2.25. The van der Waals surface area contributed by atoms with E-state index >= 15 is 0 Å². The number of aryl methyl sites for hydroxylation is 1. The third-order valence-electron chi connectivity index (χ3n) is 6.02. The second-order valence-corrected chi connectivity index (χ2v) is 8.41. The van der Waals surface area contributed by atoms with Crippen LogP contribution < -0.4 is 10.2 Å². The number of rotatable bonds is 5. The zero-order valence-corrected chi connectivity index (χ0v) is 18.0. The van der Waals surface area contributed by atoms with E-state index in [1.807, 2.05) is 13.0 Å². The fourth-order valence-electron chi connectivity index (χ4n) is 4.22. The molecule has 4 heterocycles. The molecular formula is C23H26F2N6O. The van der Waals surface area contributed by atoms with E-state index in [4.69, 9.17) is 14.7 Å². The van der Waals surface area contributed by atoms with Crippen molar-refractivity contribution in [3.05, 3.63) is 53.4 Å². The predicted molar refractivity (Wildman–Crippen MR) is 119 cm³/mol. The Balaban J connectivity index is 1.35. The molecule has 1 N–H and O–H groups in total. The van der Waals surface area contributed by atoms with Crippen LogP contribution in [0.3, 0.4) is 0 Å². The molecule has 1 atom stereocenters. The molecule has 0 unspecified atom stereocenters. The van der Waals surface area contributed by atoms with Crippen molar-refractivity contribution in [2.24, 2.45) is 0 Å². The Kier molecular flexibility index (Phi) is 5.84. The minimum Gasteiger partial charge on any atom is -0.379 e. The first-order valence-electron chi connectivity index (χ1n) is 10.9. The average molecular weight is 440 g/mol. The van der Waals surface area contributed by atoms with Crippen molar-refractivity contribution in [2.75, 3.05) is 49.6 Å². The molecule has 0 amide bonds. The zero-order chi connectivity index (χ0) is 22.1. The molecule has 0 aliphatic carbocycles. The Morgan fingerprint density at radius 3 is 2.69 bits per heavy atom. The van der Waals surface area contributed by atoms with E-state index in [9.17, 15) is 8.78 Å². The lowest BCUT2D eigenvalue weighted by Gasteiger charge is -2.36.